The number of likely N-dealkylation sites (tertiary alicyclic amines) is 1. The maximum absolute atomic E-state index is 12.4. The highest BCUT2D eigenvalue weighted by atomic mass is 16.6. The van der Waals surface area contributed by atoms with Crippen molar-refractivity contribution in [1.82, 2.24) is 15.5 Å². The number of piperidine rings is 2. The Morgan fingerprint density at radius 3 is 2.73 bits per heavy atom. The average molecular weight is 311 g/mol. The molecule has 2 unspecified atom stereocenters. The second kappa shape index (κ2) is 8.16. The van der Waals surface area contributed by atoms with E-state index in [9.17, 15) is 4.79 Å². The first-order chi connectivity index (χ1) is 10.5. The summed E-state index contributed by atoms with van der Waals surface area (Å²) in [5.41, 5.74) is -0.416. The van der Waals surface area contributed by atoms with Crippen molar-refractivity contribution in [3.63, 3.8) is 0 Å². The van der Waals surface area contributed by atoms with Gasteiger partial charge in [-0.05, 0) is 78.4 Å². The van der Waals surface area contributed by atoms with Gasteiger partial charge in [0.25, 0.3) is 0 Å². The molecule has 0 aromatic rings. The van der Waals surface area contributed by atoms with E-state index in [-0.39, 0.29) is 12.1 Å². The van der Waals surface area contributed by atoms with Crippen LogP contribution in [0.1, 0.15) is 52.9 Å². The van der Waals surface area contributed by atoms with Gasteiger partial charge < -0.3 is 20.3 Å². The van der Waals surface area contributed by atoms with Crippen molar-refractivity contribution in [3.05, 3.63) is 0 Å². The van der Waals surface area contributed by atoms with Crippen LogP contribution in [-0.2, 0) is 4.74 Å². The van der Waals surface area contributed by atoms with Gasteiger partial charge in [-0.15, -0.1) is 0 Å². The SMILES string of the molecule is CC(C)(C)OC(=O)N1CCCCC1CNCC1CCCNC1. The molecule has 128 valence electrons. The summed E-state index contributed by atoms with van der Waals surface area (Å²) in [6.45, 7) is 10.8. The topological polar surface area (TPSA) is 53.6 Å². The van der Waals surface area contributed by atoms with Gasteiger partial charge in [0.15, 0.2) is 0 Å². The minimum atomic E-state index is -0.416. The lowest BCUT2D eigenvalue weighted by molar-refractivity contribution is 0.00986. The standard InChI is InChI=1S/C17H33N3O2/c1-17(2,3)22-16(21)20-10-5-4-8-15(20)13-19-12-14-7-6-9-18-11-14/h14-15,18-19H,4-13H2,1-3H3. The van der Waals surface area contributed by atoms with E-state index in [4.69, 9.17) is 4.74 Å². The fraction of sp³-hybridized carbons (Fsp3) is 0.941. The summed E-state index contributed by atoms with van der Waals surface area (Å²) >= 11 is 0. The lowest BCUT2D eigenvalue weighted by atomic mass is 9.99. The highest BCUT2D eigenvalue weighted by Gasteiger charge is 2.30. The maximum atomic E-state index is 12.4. The number of nitrogens with zero attached hydrogens (tertiary/aromatic N) is 1. The third kappa shape index (κ3) is 5.76. The Bertz CT molecular complexity index is 348. The van der Waals surface area contributed by atoms with E-state index in [1.807, 2.05) is 25.7 Å². The molecule has 0 saturated carbocycles. The fourth-order valence-corrected chi connectivity index (χ4v) is 3.33. The molecular weight excluding hydrogens is 278 g/mol. The molecule has 2 aliphatic rings. The Morgan fingerprint density at radius 1 is 1.23 bits per heavy atom. The van der Waals surface area contributed by atoms with Crippen LogP contribution in [0.5, 0.6) is 0 Å². The van der Waals surface area contributed by atoms with Crippen molar-refractivity contribution in [3.8, 4) is 0 Å². The van der Waals surface area contributed by atoms with Crippen molar-refractivity contribution in [2.24, 2.45) is 5.92 Å². The summed E-state index contributed by atoms with van der Waals surface area (Å²) in [7, 11) is 0. The third-order valence-corrected chi connectivity index (χ3v) is 4.47. The summed E-state index contributed by atoms with van der Waals surface area (Å²) < 4.78 is 5.55. The number of ether oxygens (including phenoxy) is 1. The molecule has 2 aliphatic heterocycles. The van der Waals surface area contributed by atoms with E-state index in [2.05, 4.69) is 10.6 Å². The number of carbonyl (C=O) groups excluding carboxylic acids is 1. The molecule has 2 N–H and O–H groups in total. The van der Waals surface area contributed by atoms with Crippen molar-refractivity contribution in [2.45, 2.75) is 64.5 Å². The Morgan fingerprint density at radius 2 is 2.05 bits per heavy atom. The van der Waals surface area contributed by atoms with Crippen LogP contribution >= 0.6 is 0 Å². The zero-order chi connectivity index (χ0) is 16.0. The molecule has 2 saturated heterocycles. The van der Waals surface area contributed by atoms with Gasteiger partial charge in [-0.3, -0.25) is 0 Å². The zero-order valence-corrected chi connectivity index (χ0v) is 14.5. The van der Waals surface area contributed by atoms with E-state index in [0.717, 1.165) is 51.5 Å². The van der Waals surface area contributed by atoms with Crippen molar-refractivity contribution < 1.29 is 9.53 Å². The van der Waals surface area contributed by atoms with Gasteiger partial charge in [-0.2, -0.15) is 0 Å². The van der Waals surface area contributed by atoms with Crippen LogP contribution < -0.4 is 10.6 Å². The van der Waals surface area contributed by atoms with Gasteiger partial charge in [0.2, 0.25) is 0 Å². The molecule has 0 aromatic carbocycles. The zero-order valence-electron chi connectivity index (χ0n) is 14.5. The lowest BCUT2D eigenvalue weighted by Gasteiger charge is -2.37. The summed E-state index contributed by atoms with van der Waals surface area (Å²) in [5.74, 6) is 0.729. The summed E-state index contributed by atoms with van der Waals surface area (Å²) in [5, 5.41) is 7.03. The molecule has 5 heteroatoms. The summed E-state index contributed by atoms with van der Waals surface area (Å²) in [6, 6.07) is 0.278. The van der Waals surface area contributed by atoms with E-state index in [0.29, 0.717) is 0 Å². The molecule has 0 spiro atoms. The first-order valence-corrected chi connectivity index (χ1v) is 8.87. The largest absolute Gasteiger partial charge is 0.444 e. The van der Waals surface area contributed by atoms with Crippen LogP contribution in [-0.4, -0.2) is 55.4 Å². The molecule has 2 atom stereocenters. The number of carbonyl (C=O) groups is 1. The van der Waals surface area contributed by atoms with E-state index >= 15 is 0 Å². The Hall–Kier alpha value is -0.810. The smallest absolute Gasteiger partial charge is 0.410 e. The molecule has 1 amide bonds. The molecule has 2 fully saturated rings. The van der Waals surface area contributed by atoms with Crippen molar-refractivity contribution >= 4 is 6.09 Å². The summed E-state index contributed by atoms with van der Waals surface area (Å²) in [4.78, 5) is 14.3. The second-order valence-electron chi connectivity index (χ2n) is 7.69. The molecule has 22 heavy (non-hydrogen) atoms. The normalized spacial score (nSPS) is 26.8. The molecule has 0 aliphatic carbocycles. The summed E-state index contributed by atoms with van der Waals surface area (Å²) in [6.07, 6.45) is 5.80. The van der Waals surface area contributed by atoms with Crippen LogP contribution in [0.25, 0.3) is 0 Å². The molecule has 2 rings (SSSR count). The Labute approximate surface area is 135 Å². The maximum Gasteiger partial charge on any atom is 0.410 e. The molecule has 0 bridgehead atoms. The number of rotatable bonds is 4. The van der Waals surface area contributed by atoms with Crippen molar-refractivity contribution in [2.75, 3.05) is 32.7 Å². The molecule has 5 nitrogen and oxygen atoms in total. The van der Waals surface area contributed by atoms with Gasteiger partial charge in [-0.1, -0.05) is 0 Å². The van der Waals surface area contributed by atoms with Crippen LogP contribution in [0.2, 0.25) is 0 Å². The van der Waals surface area contributed by atoms with Gasteiger partial charge in [0.05, 0.1) is 0 Å². The number of hydrogen-bond acceptors (Lipinski definition) is 4. The molecule has 0 radical (unpaired) electrons. The highest BCUT2D eigenvalue weighted by Crippen LogP contribution is 2.20. The molecule has 2 heterocycles. The number of hydrogen-bond donors (Lipinski definition) is 2. The monoisotopic (exact) mass is 311 g/mol. The van der Waals surface area contributed by atoms with E-state index < -0.39 is 5.60 Å². The molecule has 0 aromatic heterocycles. The Kier molecular flexibility index (Phi) is 6.50. The van der Waals surface area contributed by atoms with Crippen LogP contribution in [0.4, 0.5) is 4.79 Å². The minimum absolute atomic E-state index is 0.154. The van der Waals surface area contributed by atoms with Gasteiger partial charge in [0.1, 0.15) is 5.60 Å². The first kappa shape index (κ1) is 17.5. The van der Waals surface area contributed by atoms with Gasteiger partial charge in [-0.25, -0.2) is 4.79 Å². The van der Waals surface area contributed by atoms with Gasteiger partial charge >= 0.3 is 6.09 Å². The third-order valence-electron chi connectivity index (χ3n) is 4.47. The van der Waals surface area contributed by atoms with Crippen LogP contribution in [0.15, 0.2) is 0 Å². The highest BCUT2D eigenvalue weighted by molar-refractivity contribution is 5.68. The number of nitrogens with one attached hydrogen (secondary N) is 2. The van der Waals surface area contributed by atoms with Crippen LogP contribution in [0.3, 0.4) is 0 Å². The Balaban J connectivity index is 1.77. The fourth-order valence-electron chi connectivity index (χ4n) is 3.33. The molecular formula is C17H33N3O2. The lowest BCUT2D eigenvalue weighted by Crippen LogP contribution is -2.50. The van der Waals surface area contributed by atoms with Crippen molar-refractivity contribution in [1.29, 1.82) is 0 Å². The predicted octanol–water partition coefficient (Wildman–Crippen LogP) is 2.37. The second-order valence-corrected chi connectivity index (χ2v) is 7.69. The van der Waals surface area contributed by atoms with Crippen LogP contribution in [0, 0.1) is 5.92 Å². The van der Waals surface area contributed by atoms with E-state index in [1.165, 1.54) is 19.3 Å². The number of amides is 1. The average Bonchev–Trinajstić information content (AvgIpc) is 2.47. The van der Waals surface area contributed by atoms with Gasteiger partial charge in [0, 0.05) is 19.1 Å². The quantitative estimate of drug-likeness (QED) is 0.837. The predicted molar refractivity (Wildman–Crippen MR) is 89.0 cm³/mol. The minimum Gasteiger partial charge on any atom is -0.444 e. The first-order valence-electron chi connectivity index (χ1n) is 8.87. The van der Waals surface area contributed by atoms with E-state index in [1.54, 1.807) is 0 Å².